The molecule has 0 aliphatic carbocycles. The van der Waals surface area contributed by atoms with Gasteiger partial charge in [-0.3, -0.25) is 0 Å². The second-order valence-electron chi connectivity index (χ2n) is 0.894. The summed E-state index contributed by atoms with van der Waals surface area (Å²) in [5, 5.41) is 32.4. The Morgan fingerprint density at radius 1 is 0.917 bits per heavy atom. The molecule has 0 aromatic rings. The van der Waals surface area contributed by atoms with Crippen molar-refractivity contribution in [2.24, 2.45) is 0 Å². The maximum Gasteiger partial charge on any atom is 2.00 e. The molecule has 0 saturated carbocycles. The SMILES string of the molecule is CCO.CC[O-].CC[O-].CO.[Ti+2]. The maximum absolute atomic E-state index is 8.93. The normalized spacial score (nSPS) is 5.00. The van der Waals surface area contributed by atoms with Gasteiger partial charge < -0.3 is 20.4 Å². The zero-order chi connectivity index (χ0) is 10.1. The van der Waals surface area contributed by atoms with Gasteiger partial charge in [0.25, 0.3) is 0 Å². The van der Waals surface area contributed by atoms with Crippen molar-refractivity contribution in [3.8, 4) is 0 Å². The summed E-state index contributed by atoms with van der Waals surface area (Å²) < 4.78 is 0. The molecule has 4 nitrogen and oxygen atoms in total. The Morgan fingerprint density at radius 2 is 0.917 bits per heavy atom. The van der Waals surface area contributed by atoms with Gasteiger partial charge in [0.15, 0.2) is 0 Å². The third-order valence-electron chi connectivity index (χ3n) is 0. The van der Waals surface area contributed by atoms with Gasteiger partial charge in [0.1, 0.15) is 0 Å². The number of aliphatic hydroxyl groups excluding tert-OH is 2. The molecule has 0 amide bonds. The van der Waals surface area contributed by atoms with Crippen LogP contribution in [0.15, 0.2) is 0 Å². The van der Waals surface area contributed by atoms with E-state index in [1.807, 2.05) is 0 Å². The van der Waals surface area contributed by atoms with Crippen LogP contribution in [0.4, 0.5) is 0 Å². The quantitative estimate of drug-likeness (QED) is 0.474. The predicted octanol–water partition coefficient (Wildman–Crippen LogP) is -1.66. The van der Waals surface area contributed by atoms with Gasteiger partial charge in [0, 0.05) is 13.7 Å². The fourth-order valence-electron chi connectivity index (χ4n) is 0. The molecule has 0 spiro atoms. The molecule has 0 radical (unpaired) electrons. The summed E-state index contributed by atoms with van der Waals surface area (Å²) in [6.07, 6.45) is 0. The zero-order valence-electron chi connectivity index (χ0n) is 8.33. The van der Waals surface area contributed by atoms with E-state index in [0.29, 0.717) is 0 Å². The van der Waals surface area contributed by atoms with Crippen molar-refractivity contribution in [2.45, 2.75) is 20.8 Å². The van der Waals surface area contributed by atoms with E-state index >= 15 is 0 Å². The van der Waals surface area contributed by atoms with E-state index < -0.39 is 0 Å². The van der Waals surface area contributed by atoms with Gasteiger partial charge in [-0.15, -0.1) is 13.2 Å². The molecule has 0 aliphatic rings. The molecule has 12 heavy (non-hydrogen) atoms. The fraction of sp³-hybridized carbons (Fsp3) is 1.00. The molecule has 0 bridgehead atoms. The van der Waals surface area contributed by atoms with Gasteiger partial charge in [-0.2, -0.15) is 0 Å². The third-order valence-corrected chi connectivity index (χ3v) is 0. The number of rotatable bonds is 0. The van der Waals surface area contributed by atoms with Gasteiger partial charge >= 0.3 is 21.7 Å². The van der Waals surface area contributed by atoms with E-state index in [0.717, 1.165) is 7.11 Å². The first-order chi connectivity index (χ1) is 5.24. The first-order valence-electron chi connectivity index (χ1n) is 3.46. The van der Waals surface area contributed by atoms with Gasteiger partial charge in [-0.1, -0.05) is 13.8 Å². The van der Waals surface area contributed by atoms with Crippen molar-refractivity contribution < 1.29 is 42.1 Å². The summed E-state index contributed by atoms with van der Waals surface area (Å²) >= 11 is 0. The van der Waals surface area contributed by atoms with Crippen LogP contribution in [0.2, 0.25) is 0 Å². The van der Waals surface area contributed by atoms with Gasteiger partial charge in [0.2, 0.25) is 0 Å². The molecule has 0 unspecified atom stereocenters. The summed E-state index contributed by atoms with van der Waals surface area (Å²) in [5.41, 5.74) is 0. The van der Waals surface area contributed by atoms with Crippen molar-refractivity contribution in [3.05, 3.63) is 0 Å². The van der Waals surface area contributed by atoms with Crippen molar-refractivity contribution in [2.75, 3.05) is 26.9 Å². The van der Waals surface area contributed by atoms with E-state index in [1.165, 1.54) is 0 Å². The first kappa shape index (κ1) is 29.4. The monoisotopic (exact) mass is 216 g/mol. The Labute approximate surface area is 90.1 Å². The molecule has 76 valence electrons. The van der Waals surface area contributed by atoms with Gasteiger partial charge in [0.05, 0.1) is 0 Å². The second-order valence-corrected chi connectivity index (χ2v) is 0.894. The minimum atomic E-state index is 0. The molecule has 0 heterocycles. The summed E-state index contributed by atoms with van der Waals surface area (Å²) in [4.78, 5) is 0. The van der Waals surface area contributed by atoms with Crippen molar-refractivity contribution in [3.63, 3.8) is 0 Å². The van der Waals surface area contributed by atoms with Crippen molar-refractivity contribution in [1.82, 2.24) is 0 Å². The van der Waals surface area contributed by atoms with Crippen LogP contribution < -0.4 is 10.2 Å². The largest absolute Gasteiger partial charge is 2.00 e. The molecule has 0 atom stereocenters. The minimum Gasteiger partial charge on any atom is -0.855 e. The van der Waals surface area contributed by atoms with Crippen molar-refractivity contribution in [1.29, 1.82) is 0 Å². The maximum atomic E-state index is 8.93. The van der Waals surface area contributed by atoms with Gasteiger partial charge in [-0.25, -0.2) is 0 Å². The van der Waals surface area contributed by atoms with Crippen molar-refractivity contribution >= 4 is 0 Å². The summed E-state index contributed by atoms with van der Waals surface area (Å²) in [7, 11) is 1.00. The summed E-state index contributed by atoms with van der Waals surface area (Å²) in [6, 6.07) is 0. The minimum absolute atomic E-state index is 0. The Bertz CT molecular complexity index is 20.1. The molecule has 0 saturated heterocycles. The average Bonchev–Trinajstić information content (AvgIpc) is 1.96. The van der Waals surface area contributed by atoms with Crippen LogP contribution in [0.25, 0.3) is 0 Å². The topological polar surface area (TPSA) is 86.6 Å². The van der Waals surface area contributed by atoms with Crippen LogP contribution >= 0.6 is 0 Å². The molecular weight excluding hydrogens is 196 g/mol. The third kappa shape index (κ3) is 3140. The summed E-state index contributed by atoms with van der Waals surface area (Å²) in [5.74, 6) is 0. The molecule has 0 rings (SSSR count). The van der Waals surface area contributed by atoms with E-state index in [9.17, 15) is 0 Å². The van der Waals surface area contributed by atoms with Crippen LogP contribution in [-0.4, -0.2) is 37.1 Å². The molecule has 0 aliphatic heterocycles. The fourth-order valence-corrected chi connectivity index (χ4v) is 0. The number of aliphatic hydroxyl groups is 2. The molecule has 2 N–H and O–H groups in total. The van der Waals surface area contributed by atoms with Crippen LogP contribution in [0, 0.1) is 0 Å². The van der Waals surface area contributed by atoms with E-state index in [-0.39, 0.29) is 41.5 Å². The van der Waals surface area contributed by atoms with Crippen LogP contribution in [0.5, 0.6) is 0 Å². The standard InChI is InChI=1S/C2H6O.2C2H5O.CH4O.Ti/c3*1-2-3;1-2;/h3H,2H2,1H3;2*2H2,1H3;2H,1H3;/q;2*-1;;+2. The Balaban J connectivity index is -0.0000000179. The van der Waals surface area contributed by atoms with E-state index in [2.05, 4.69) is 0 Å². The zero-order valence-corrected chi connectivity index (χ0v) is 9.89. The number of hydrogen-bond donors (Lipinski definition) is 2. The molecular formula is C7H20O4Ti. The van der Waals surface area contributed by atoms with E-state index in [4.69, 9.17) is 20.4 Å². The van der Waals surface area contributed by atoms with Crippen LogP contribution in [-0.2, 0) is 21.7 Å². The van der Waals surface area contributed by atoms with Crippen LogP contribution in [0.3, 0.4) is 0 Å². The Hall–Kier alpha value is 0.554. The van der Waals surface area contributed by atoms with E-state index in [1.54, 1.807) is 20.8 Å². The summed E-state index contributed by atoms with van der Waals surface area (Å²) in [6.45, 7) is 5.07. The predicted molar refractivity (Wildman–Crippen MR) is 42.0 cm³/mol. The average molecular weight is 216 g/mol. The Morgan fingerprint density at radius 3 is 0.917 bits per heavy atom. The Kier molecular flexibility index (Phi) is 249. The molecule has 0 aromatic carbocycles. The van der Waals surface area contributed by atoms with Gasteiger partial charge in [-0.05, 0) is 6.92 Å². The molecule has 0 aromatic heterocycles. The smallest absolute Gasteiger partial charge is 0.855 e. The molecule has 0 fully saturated rings. The second kappa shape index (κ2) is 102. The van der Waals surface area contributed by atoms with Crippen LogP contribution in [0.1, 0.15) is 20.8 Å². The molecule has 5 heteroatoms. The first-order valence-corrected chi connectivity index (χ1v) is 3.46. The number of hydrogen-bond acceptors (Lipinski definition) is 4.